The lowest BCUT2D eigenvalue weighted by molar-refractivity contribution is -0.120. The number of rotatable bonds is 7. The van der Waals surface area contributed by atoms with E-state index >= 15 is 0 Å². The summed E-state index contributed by atoms with van der Waals surface area (Å²) in [5, 5.41) is 5.58. The maximum absolute atomic E-state index is 12.2. The molecule has 0 unspecified atom stereocenters. The molecule has 30 heavy (non-hydrogen) atoms. The summed E-state index contributed by atoms with van der Waals surface area (Å²) in [5.74, 6) is -0.431. The molecular formula is C24H32N4O2. The normalized spacial score (nSPS) is 15.0. The van der Waals surface area contributed by atoms with Crippen LogP contribution < -0.4 is 10.6 Å². The van der Waals surface area contributed by atoms with Gasteiger partial charge in [-0.05, 0) is 55.3 Å². The molecule has 2 aromatic rings. The highest BCUT2D eigenvalue weighted by atomic mass is 16.2. The Bertz CT molecular complexity index is 889. The van der Waals surface area contributed by atoms with E-state index in [9.17, 15) is 9.59 Å². The van der Waals surface area contributed by atoms with E-state index in [-0.39, 0.29) is 18.4 Å². The highest BCUT2D eigenvalue weighted by molar-refractivity contribution is 5.96. The van der Waals surface area contributed by atoms with Gasteiger partial charge in [0.15, 0.2) is 0 Å². The second-order valence-electron chi connectivity index (χ2n) is 8.16. The van der Waals surface area contributed by atoms with Crippen LogP contribution in [-0.2, 0) is 17.9 Å². The lowest BCUT2D eigenvalue weighted by Gasteiger charge is -2.32. The van der Waals surface area contributed by atoms with Crippen molar-refractivity contribution in [3.05, 3.63) is 70.3 Å². The maximum atomic E-state index is 12.2. The van der Waals surface area contributed by atoms with E-state index in [2.05, 4.69) is 39.6 Å². The van der Waals surface area contributed by atoms with Gasteiger partial charge in [-0.25, -0.2) is 0 Å². The maximum Gasteiger partial charge on any atom is 0.251 e. The zero-order chi connectivity index (χ0) is 21.5. The third-order valence-corrected chi connectivity index (χ3v) is 5.66. The Hall–Kier alpha value is -2.70. The first-order chi connectivity index (χ1) is 14.4. The minimum Gasteiger partial charge on any atom is -0.350 e. The Morgan fingerprint density at radius 3 is 2.37 bits per heavy atom. The van der Waals surface area contributed by atoms with Crippen molar-refractivity contribution >= 4 is 11.8 Å². The van der Waals surface area contributed by atoms with Crippen molar-refractivity contribution in [2.75, 3.05) is 39.8 Å². The van der Waals surface area contributed by atoms with Crippen molar-refractivity contribution in [3.63, 3.8) is 0 Å². The van der Waals surface area contributed by atoms with Crippen molar-refractivity contribution in [3.8, 4) is 0 Å². The van der Waals surface area contributed by atoms with E-state index < -0.39 is 0 Å². The fourth-order valence-electron chi connectivity index (χ4n) is 3.51. The van der Waals surface area contributed by atoms with Gasteiger partial charge < -0.3 is 15.5 Å². The summed E-state index contributed by atoms with van der Waals surface area (Å²) in [6, 6.07) is 13.9. The third kappa shape index (κ3) is 6.40. The molecule has 3 rings (SSSR count). The fraction of sp³-hybridized carbons (Fsp3) is 0.417. The highest BCUT2D eigenvalue weighted by Gasteiger charge is 2.14. The number of aryl methyl sites for hydroxylation is 2. The summed E-state index contributed by atoms with van der Waals surface area (Å²) in [7, 11) is 2.16. The van der Waals surface area contributed by atoms with Gasteiger partial charge >= 0.3 is 0 Å². The van der Waals surface area contributed by atoms with Crippen LogP contribution in [0.25, 0.3) is 0 Å². The van der Waals surface area contributed by atoms with E-state index in [4.69, 9.17) is 0 Å². The van der Waals surface area contributed by atoms with E-state index in [0.717, 1.165) is 49.4 Å². The zero-order valence-corrected chi connectivity index (χ0v) is 18.2. The van der Waals surface area contributed by atoms with Crippen LogP contribution in [0.15, 0.2) is 42.5 Å². The van der Waals surface area contributed by atoms with Gasteiger partial charge in [-0.3, -0.25) is 14.5 Å². The number of hydrogen-bond acceptors (Lipinski definition) is 4. The van der Waals surface area contributed by atoms with Crippen LogP contribution in [-0.4, -0.2) is 61.4 Å². The molecule has 1 heterocycles. The summed E-state index contributed by atoms with van der Waals surface area (Å²) < 4.78 is 0. The van der Waals surface area contributed by atoms with Crippen molar-refractivity contribution in [1.82, 2.24) is 20.4 Å². The van der Waals surface area contributed by atoms with E-state index in [1.807, 2.05) is 38.1 Å². The molecule has 0 spiro atoms. The Balaban J connectivity index is 1.44. The Morgan fingerprint density at radius 1 is 0.900 bits per heavy atom. The van der Waals surface area contributed by atoms with Gasteiger partial charge in [0.25, 0.3) is 5.91 Å². The molecule has 6 heteroatoms. The molecule has 0 radical (unpaired) electrons. The predicted molar refractivity (Wildman–Crippen MR) is 119 cm³/mol. The second kappa shape index (κ2) is 10.4. The largest absolute Gasteiger partial charge is 0.350 e. The average Bonchev–Trinajstić information content (AvgIpc) is 2.74. The second-order valence-corrected chi connectivity index (χ2v) is 8.16. The van der Waals surface area contributed by atoms with Gasteiger partial charge in [-0.2, -0.15) is 0 Å². The predicted octanol–water partition coefficient (Wildman–Crippen LogP) is 2.10. The van der Waals surface area contributed by atoms with Crippen molar-refractivity contribution in [2.24, 2.45) is 0 Å². The van der Waals surface area contributed by atoms with Crippen molar-refractivity contribution in [1.29, 1.82) is 0 Å². The summed E-state index contributed by atoms with van der Waals surface area (Å²) in [6.45, 7) is 9.69. The van der Waals surface area contributed by atoms with E-state index in [1.165, 1.54) is 5.56 Å². The molecular weight excluding hydrogens is 376 g/mol. The first-order valence-corrected chi connectivity index (χ1v) is 10.5. The minimum absolute atomic E-state index is 0.0350. The molecule has 1 aliphatic rings. The summed E-state index contributed by atoms with van der Waals surface area (Å²) >= 11 is 0. The lowest BCUT2D eigenvalue weighted by atomic mass is 10.1. The van der Waals surface area contributed by atoms with Crippen LogP contribution in [0.1, 0.15) is 32.6 Å². The molecule has 2 amide bonds. The molecule has 0 aromatic heterocycles. The van der Waals surface area contributed by atoms with Crippen LogP contribution in [0.5, 0.6) is 0 Å². The molecule has 1 fully saturated rings. The number of piperazine rings is 1. The smallest absolute Gasteiger partial charge is 0.251 e. The minimum atomic E-state index is -0.234. The summed E-state index contributed by atoms with van der Waals surface area (Å²) in [5.41, 5.74) is 5.09. The monoisotopic (exact) mass is 408 g/mol. The molecule has 0 aliphatic carbocycles. The van der Waals surface area contributed by atoms with E-state index in [0.29, 0.717) is 12.1 Å². The summed E-state index contributed by atoms with van der Waals surface area (Å²) in [4.78, 5) is 29.2. The fourth-order valence-corrected chi connectivity index (χ4v) is 3.51. The van der Waals surface area contributed by atoms with Crippen LogP contribution in [0.4, 0.5) is 0 Å². The number of benzene rings is 2. The van der Waals surface area contributed by atoms with Gasteiger partial charge in [0.1, 0.15) is 0 Å². The molecule has 6 nitrogen and oxygen atoms in total. The Labute approximate surface area is 179 Å². The van der Waals surface area contributed by atoms with E-state index in [1.54, 1.807) is 6.07 Å². The Kier molecular flexibility index (Phi) is 7.60. The quantitative estimate of drug-likeness (QED) is 0.737. The lowest BCUT2D eigenvalue weighted by Crippen LogP contribution is -2.43. The number of carbonyl (C=O) groups excluding carboxylic acids is 2. The first kappa shape index (κ1) is 22.0. The third-order valence-electron chi connectivity index (χ3n) is 5.66. The van der Waals surface area contributed by atoms with Crippen LogP contribution in [0.3, 0.4) is 0 Å². The topological polar surface area (TPSA) is 64.7 Å². The molecule has 1 saturated heterocycles. The molecule has 160 valence electrons. The molecule has 0 atom stereocenters. The van der Waals surface area contributed by atoms with Crippen LogP contribution >= 0.6 is 0 Å². The van der Waals surface area contributed by atoms with Gasteiger partial charge in [0, 0.05) is 44.8 Å². The zero-order valence-electron chi connectivity index (χ0n) is 18.2. The average molecular weight is 409 g/mol. The number of hydrogen-bond donors (Lipinski definition) is 2. The van der Waals surface area contributed by atoms with Gasteiger partial charge in [0.05, 0.1) is 6.54 Å². The molecule has 1 aliphatic heterocycles. The van der Waals surface area contributed by atoms with Crippen LogP contribution in [0, 0.1) is 13.8 Å². The molecule has 2 N–H and O–H groups in total. The SMILES string of the molecule is Cc1ccc(C(=O)NCC(=O)NCc2cccc(CN3CCN(C)CC3)c2)cc1C. The van der Waals surface area contributed by atoms with Crippen LogP contribution in [0.2, 0.25) is 0 Å². The molecule has 0 saturated carbocycles. The Morgan fingerprint density at radius 2 is 1.63 bits per heavy atom. The number of likely N-dealkylation sites (N-methyl/N-ethyl adjacent to an activating group) is 1. The number of amides is 2. The number of nitrogens with one attached hydrogen (secondary N) is 2. The van der Waals surface area contributed by atoms with Crippen molar-refractivity contribution < 1.29 is 9.59 Å². The van der Waals surface area contributed by atoms with Crippen molar-refractivity contribution in [2.45, 2.75) is 26.9 Å². The van der Waals surface area contributed by atoms with Gasteiger partial charge in [-0.15, -0.1) is 0 Å². The standard InChI is InChI=1S/C24H32N4O2/c1-18-7-8-22(13-19(18)2)24(30)26-16-23(29)25-15-20-5-4-6-21(14-20)17-28-11-9-27(3)10-12-28/h4-8,13-14H,9-12,15-17H2,1-3H3,(H,25,29)(H,26,30). The first-order valence-electron chi connectivity index (χ1n) is 10.5. The number of nitrogens with zero attached hydrogens (tertiary/aromatic N) is 2. The summed E-state index contributed by atoms with van der Waals surface area (Å²) in [6.07, 6.45) is 0. The van der Waals surface area contributed by atoms with Gasteiger partial charge in [0.2, 0.25) is 5.91 Å². The highest BCUT2D eigenvalue weighted by Crippen LogP contribution is 2.11. The molecule has 2 aromatic carbocycles. The number of carbonyl (C=O) groups is 2. The molecule has 0 bridgehead atoms. The van der Waals surface area contributed by atoms with Gasteiger partial charge in [-0.1, -0.05) is 30.3 Å².